The molecule has 1 aliphatic rings. The zero-order valence-electron chi connectivity index (χ0n) is 13.5. The summed E-state index contributed by atoms with van der Waals surface area (Å²) in [4.78, 5) is 11.4. The fraction of sp³-hybridized carbons (Fsp3) is 0.733. The van der Waals surface area contributed by atoms with Gasteiger partial charge in [0.05, 0.1) is 17.2 Å². The minimum Gasteiger partial charge on any atom is -0.351 e. The zero-order valence-corrected chi connectivity index (χ0v) is 16.6. The first-order valence-electron chi connectivity index (χ1n) is 7.49. The number of halogens is 1. The van der Waals surface area contributed by atoms with Crippen molar-refractivity contribution in [1.82, 2.24) is 15.2 Å². The molecule has 0 amide bonds. The molecule has 0 saturated carbocycles. The topological polar surface area (TPSA) is 40.5 Å². The van der Waals surface area contributed by atoms with E-state index in [1.165, 1.54) is 17.8 Å². The molecule has 1 aromatic heterocycles. The Morgan fingerprint density at radius 1 is 1.52 bits per heavy atom. The van der Waals surface area contributed by atoms with Gasteiger partial charge in [0.25, 0.3) is 0 Å². The highest BCUT2D eigenvalue weighted by Crippen LogP contribution is 2.32. The van der Waals surface area contributed by atoms with Gasteiger partial charge in [0.1, 0.15) is 0 Å². The van der Waals surface area contributed by atoms with Crippen LogP contribution >= 0.6 is 35.3 Å². The van der Waals surface area contributed by atoms with Crippen molar-refractivity contribution >= 4 is 41.3 Å². The van der Waals surface area contributed by atoms with Gasteiger partial charge in [-0.2, -0.15) is 0 Å². The maximum Gasteiger partial charge on any atom is 0.193 e. The number of aromatic nitrogens is 1. The lowest BCUT2D eigenvalue weighted by Crippen LogP contribution is -2.40. The first kappa shape index (κ1) is 18.7. The summed E-state index contributed by atoms with van der Waals surface area (Å²) in [6, 6.07) is 0. The van der Waals surface area contributed by atoms with Gasteiger partial charge in [0.2, 0.25) is 0 Å². The van der Waals surface area contributed by atoms with E-state index in [9.17, 15) is 0 Å². The minimum absolute atomic E-state index is 0. The molecule has 0 spiro atoms. The van der Waals surface area contributed by atoms with E-state index >= 15 is 0 Å². The van der Waals surface area contributed by atoms with Crippen molar-refractivity contribution in [3.63, 3.8) is 0 Å². The molecule has 1 aromatic rings. The van der Waals surface area contributed by atoms with Crippen molar-refractivity contribution in [3.05, 3.63) is 16.1 Å². The summed E-state index contributed by atoms with van der Waals surface area (Å²) in [6.07, 6.45) is 3.49. The molecule has 4 nitrogen and oxygen atoms in total. The fourth-order valence-corrected chi connectivity index (χ4v) is 3.33. The molecule has 0 aliphatic carbocycles. The lowest BCUT2D eigenvalue weighted by molar-refractivity contribution is 0.322. The number of rotatable bonds is 4. The van der Waals surface area contributed by atoms with Crippen LogP contribution in [0.5, 0.6) is 0 Å². The Kier molecular flexibility index (Phi) is 7.39. The number of likely N-dealkylation sites (tertiary alicyclic amines) is 1. The molecule has 1 aliphatic heterocycles. The van der Waals surface area contributed by atoms with Crippen LogP contribution < -0.4 is 5.32 Å². The highest BCUT2D eigenvalue weighted by atomic mass is 127. The van der Waals surface area contributed by atoms with Gasteiger partial charge in [-0.3, -0.25) is 4.99 Å². The lowest BCUT2D eigenvalue weighted by atomic mass is 9.87. The maximum absolute atomic E-state index is 4.59. The zero-order chi connectivity index (χ0) is 14.6. The third-order valence-corrected chi connectivity index (χ3v) is 5.29. The Labute approximate surface area is 149 Å². The van der Waals surface area contributed by atoms with Crippen LogP contribution in [0.25, 0.3) is 0 Å². The molecule has 0 bridgehead atoms. The molecular formula is C15H27IN4S. The normalized spacial score (nSPS) is 22.3. The lowest BCUT2D eigenvalue weighted by Gasteiger charge is -2.25. The molecule has 6 heteroatoms. The second-order valence-electron chi connectivity index (χ2n) is 5.82. The summed E-state index contributed by atoms with van der Waals surface area (Å²) in [5, 5.41) is 6.79. The Balaban J connectivity index is 0.00000220. The number of hydrogen-bond donors (Lipinski definition) is 1. The second-order valence-corrected chi connectivity index (χ2v) is 6.77. The van der Waals surface area contributed by atoms with Gasteiger partial charge in [-0.15, -0.1) is 35.3 Å². The predicted molar refractivity (Wildman–Crippen MR) is 102 cm³/mol. The van der Waals surface area contributed by atoms with Gasteiger partial charge in [0.15, 0.2) is 5.96 Å². The summed E-state index contributed by atoms with van der Waals surface area (Å²) in [7, 11) is 1.86. The van der Waals surface area contributed by atoms with Crippen LogP contribution in [-0.2, 0) is 13.0 Å². The highest BCUT2D eigenvalue weighted by Gasteiger charge is 2.33. The van der Waals surface area contributed by atoms with E-state index < -0.39 is 0 Å². The predicted octanol–water partition coefficient (Wildman–Crippen LogP) is 3.52. The van der Waals surface area contributed by atoms with E-state index in [0.717, 1.165) is 37.7 Å². The summed E-state index contributed by atoms with van der Waals surface area (Å²) >= 11 is 1.74. The molecule has 2 heterocycles. The monoisotopic (exact) mass is 422 g/mol. The number of thiazole rings is 1. The van der Waals surface area contributed by atoms with Crippen molar-refractivity contribution in [2.24, 2.45) is 10.4 Å². The molecule has 1 unspecified atom stereocenters. The van der Waals surface area contributed by atoms with Gasteiger partial charge in [-0.05, 0) is 24.7 Å². The molecule has 1 fully saturated rings. The van der Waals surface area contributed by atoms with Crippen LogP contribution in [0.15, 0.2) is 10.4 Å². The Bertz CT molecular complexity index is 474. The maximum atomic E-state index is 4.59. The van der Waals surface area contributed by atoms with Crippen LogP contribution in [-0.4, -0.2) is 36.0 Å². The first-order valence-corrected chi connectivity index (χ1v) is 8.37. The Morgan fingerprint density at radius 3 is 2.81 bits per heavy atom. The molecule has 0 radical (unpaired) electrons. The molecule has 21 heavy (non-hydrogen) atoms. The van der Waals surface area contributed by atoms with E-state index in [-0.39, 0.29) is 24.0 Å². The number of nitrogens with one attached hydrogen (secondary N) is 1. The quantitative estimate of drug-likeness (QED) is 0.459. The third-order valence-electron chi connectivity index (χ3n) is 4.25. The number of aryl methyl sites for hydroxylation is 1. The molecule has 1 saturated heterocycles. The average Bonchev–Trinajstić information content (AvgIpc) is 3.07. The Hall–Kier alpha value is -0.370. The van der Waals surface area contributed by atoms with Crippen LogP contribution in [0, 0.1) is 5.41 Å². The van der Waals surface area contributed by atoms with Gasteiger partial charge in [-0.25, -0.2) is 4.98 Å². The first-order chi connectivity index (χ1) is 9.60. The molecule has 1 atom stereocenters. The highest BCUT2D eigenvalue weighted by molar-refractivity contribution is 14.0. The van der Waals surface area contributed by atoms with Crippen LogP contribution in [0.2, 0.25) is 0 Å². The average molecular weight is 422 g/mol. The molecule has 0 aromatic carbocycles. The van der Waals surface area contributed by atoms with Crippen molar-refractivity contribution in [3.8, 4) is 0 Å². The second kappa shape index (κ2) is 8.31. The van der Waals surface area contributed by atoms with E-state index in [4.69, 9.17) is 0 Å². The fourth-order valence-electron chi connectivity index (χ4n) is 2.59. The van der Waals surface area contributed by atoms with Gasteiger partial charge < -0.3 is 10.2 Å². The summed E-state index contributed by atoms with van der Waals surface area (Å²) in [5.74, 6) is 1.01. The van der Waals surface area contributed by atoms with Gasteiger partial charge in [0, 0.05) is 25.5 Å². The number of guanidine groups is 1. The summed E-state index contributed by atoms with van der Waals surface area (Å²) < 4.78 is 0. The number of nitrogens with zero attached hydrogens (tertiary/aromatic N) is 3. The van der Waals surface area contributed by atoms with Crippen molar-refractivity contribution < 1.29 is 0 Å². The van der Waals surface area contributed by atoms with Crippen LogP contribution in [0.1, 0.15) is 44.3 Å². The summed E-state index contributed by atoms with van der Waals surface area (Å²) in [5.41, 5.74) is 1.55. The largest absolute Gasteiger partial charge is 0.351 e. The van der Waals surface area contributed by atoms with Crippen molar-refractivity contribution in [2.45, 2.75) is 46.6 Å². The van der Waals surface area contributed by atoms with Crippen molar-refractivity contribution in [1.29, 1.82) is 0 Å². The molecule has 2 rings (SSSR count). The third kappa shape index (κ3) is 4.81. The molecule has 120 valence electrons. The summed E-state index contributed by atoms with van der Waals surface area (Å²) in [6.45, 7) is 9.75. The van der Waals surface area contributed by atoms with Crippen molar-refractivity contribution in [2.75, 3.05) is 20.1 Å². The molecular weight excluding hydrogens is 395 g/mol. The van der Waals surface area contributed by atoms with Crippen LogP contribution in [0.3, 0.4) is 0 Å². The number of aliphatic imine (C=N–C) groups is 1. The Morgan fingerprint density at radius 2 is 2.29 bits per heavy atom. The molecule has 1 N–H and O–H groups in total. The number of hydrogen-bond acceptors (Lipinski definition) is 3. The van der Waals surface area contributed by atoms with Crippen LogP contribution in [0.4, 0.5) is 0 Å². The van der Waals surface area contributed by atoms with E-state index in [1.807, 2.05) is 7.05 Å². The van der Waals surface area contributed by atoms with E-state index in [0.29, 0.717) is 5.41 Å². The minimum atomic E-state index is 0. The van der Waals surface area contributed by atoms with Gasteiger partial charge in [-0.1, -0.05) is 20.8 Å². The standard InChI is InChI=1S/C15H26N4S.HI/c1-5-13-18-12(10-20-13)9-17-14(16-4)19-8-7-15(3,6-2)11-19;/h10H,5-9,11H2,1-4H3,(H,16,17);1H. The van der Waals surface area contributed by atoms with E-state index in [2.05, 4.69) is 46.3 Å². The SMILES string of the molecule is CCc1nc(CNC(=NC)N2CCC(C)(CC)C2)cs1.I. The van der Waals surface area contributed by atoms with E-state index in [1.54, 1.807) is 11.3 Å². The smallest absolute Gasteiger partial charge is 0.193 e. The van der Waals surface area contributed by atoms with Gasteiger partial charge >= 0.3 is 0 Å².